The van der Waals surface area contributed by atoms with E-state index in [1.54, 1.807) is 12.1 Å². The third-order valence-corrected chi connectivity index (χ3v) is 6.14. The number of esters is 2. The van der Waals surface area contributed by atoms with Gasteiger partial charge in [-0.25, -0.2) is 9.59 Å². The lowest BCUT2D eigenvalue weighted by atomic mass is 9.89. The Morgan fingerprint density at radius 2 is 0.971 bits per heavy atom. The number of hydrogen-bond acceptors (Lipinski definition) is 4. The van der Waals surface area contributed by atoms with E-state index in [1.807, 2.05) is 24.3 Å². The molecule has 178 valence electrons. The van der Waals surface area contributed by atoms with Crippen molar-refractivity contribution < 1.29 is 19.1 Å². The van der Waals surface area contributed by atoms with Gasteiger partial charge in [0.1, 0.15) is 0 Å². The van der Waals surface area contributed by atoms with Crippen LogP contribution in [0.2, 0.25) is 0 Å². The molecule has 0 saturated heterocycles. The van der Waals surface area contributed by atoms with E-state index in [0.717, 1.165) is 49.7 Å². The van der Waals surface area contributed by atoms with E-state index in [2.05, 4.69) is 38.1 Å². The summed E-state index contributed by atoms with van der Waals surface area (Å²) < 4.78 is 10.2. The number of hydrogen-bond donors (Lipinski definition) is 0. The molecule has 0 fully saturated rings. The van der Waals surface area contributed by atoms with Crippen LogP contribution in [0, 0.1) is 0 Å². The molecule has 0 amide bonds. The Labute approximate surface area is 202 Å². The highest BCUT2D eigenvalue weighted by Crippen LogP contribution is 2.34. The van der Waals surface area contributed by atoms with Crippen LogP contribution in [-0.4, -0.2) is 26.2 Å². The van der Waals surface area contributed by atoms with Crippen LogP contribution in [0.4, 0.5) is 0 Å². The third kappa shape index (κ3) is 5.93. The lowest BCUT2D eigenvalue weighted by Gasteiger charge is -2.16. The molecule has 0 radical (unpaired) electrons. The van der Waals surface area contributed by atoms with Gasteiger partial charge < -0.3 is 9.47 Å². The van der Waals surface area contributed by atoms with E-state index in [9.17, 15) is 9.59 Å². The fourth-order valence-electron chi connectivity index (χ4n) is 4.10. The van der Waals surface area contributed by atoms with Crippen LogP contribution in [0.3, 0.4) is 0 Å². The molecule has 0 aliphatic rings. The highest BCUT2D eigenvalue weighted by atomic mass is 16.5. The zero-order valence-electron chi connectivity index (χ0n) is 20.6. The van der Waals surface area contributed by atoms with Crippen molar-refractivity contribution in [3.05, 3.63) is 82.9 Å². The summed E-state index contributed by atoms with van der Waals surface area (Å²) >= 11 is 0. The second-order valence-electron chi connectivity index (χ2n) is 8.53. The largest absolute Gasteiger partial charge is 0.465 e. The fraction of sp³-hybridized carbons (Fsp3) is 0.333. The minimum atomic E-state index is -0.442. The van der Waals surface area contributed by atoms with Crippen LogP contribution in [-0.2, 0) is 22.3 Å². The molecule has 0 heterocycles. The molecule has 0 bridgehead atoms. The number of carbonyl (C=O) groups is 2. The SMILES string of the molecule is CCCCc1ccc(-c2cc(C(=O)OC)c(-c3ccc(CCCC)cc3)cc2C(=O)OC)cc1. The first-order valence-corrected chi connectivity index (χ1v) is 12.1. The van der Waals surface area contributed by atoms with Gasteiger partial charge in [0.2, 0.25) is 0 Å². The molecule has 0 spiro atoms. The zero-order valence-corrected chi connectivity index (χ0v) is 20.6. The molecule has 4 nitrogen and oxygen atoms in total. The van der Waals surface area contributed by atoms with Crippen LogP contribution in [0.15, 0.2) is 60.7 Å². The van der Waals surface area contributed by atoms with E-state index in [0.29, 0.717) is 22.3 Å². The van der Waals surface area contributed by atoms with E-state index < -0.39 is 11.9 Å². The minimum Gasteiger partial charge on any atom is -0.465 e. The van der Waals surface area contributed by atoms with Gasteiger partial charge >= 0.3 is 11.9 Å². The average Bonchev–Trinajstić information content (AvgIpc) is 2.89. The fourth-order valence-corrected chi connectivity index (χ4v) is 4.10. The van der Waals surface area contributed by atoms with Crippen LogP contribution in [0.5, 0.6) is 0 Å². The number of unbranched alkanes of at least 4 members (excludes halogenated alkanes) is 2. The van der Waals surface area contributed by atoms with Gasteiger partial charge in [-0.05, 0) is 71.2 Å². The van der Waals surface area contributed by atoms with Gasteiger partial charge in [0.25, 0.3) is 0 Å². The van der Waals surface area contributed by atoms with Crippen molar-refractivity contribution in [2.45, 2.75) is 52.4 Å². The minimum absolute atomic E-state index is 0.418. The standard InChI is InChI=1S/C30H34O4/c1-5-7-9-21-11-15-23(16-12-21)25-19-28(30(32)34-4)26(20-27(25)29(31)33-3)24-17-13-22(14-18-24)10-8-6-2/h11-20H,5-10H2,1-4H3. The molecule has 3 aromatic carbocycles. The van der Waals surface area contributed by atoms with Crippen molar-refractivity contribution in [3.8, 4) is 22.3 Å². The molecule has 0 atom stereocenters. The predicted octanol–water partition coefficient (Wildman–Crippen LogP) is 7.28. The van der Waals surface area contributed by atoms with Gasteiger partial charge in [-0.3, -0.25) is 0 Å². The Kier molecular flexibility index (Phi) is 9.03. The van der Waals surface area contributed by atoms with E-state index in [4.69, 9.17) is 9.47 Å². The number of rotatable bonds is 10. The Bertz CT molecular complexity index is 1020. The second kappa shape index (κ2) is 12.2. The van der Waals surface area contributed by atoms with Crippen molar-refractivity contribution in [2.24, 2.45) is 0 Å². The maximum atomic E-state index is 12.8. The summed E-state index contributed by atoms with van der Waals surface area (Å²) in [7, 11) is 2.74. The van der Waals surface area contributed by atoms with Crippen LogP contribution in [0.1, 0.15) is 71.4 Å². The molecule has 0 aliphatic heterocycles. The van der Waals surface area contributed by atoms with Gasteiger partial charge in [-0.15, -0.1) is 0 Å². The van der Waals surface area contributed by atoms with Crippen molar-refractivity contribution in [1.82, 2.24) is 0 Å². The third-order valence-electron chi connectivity index (χ3n) is 6.14. The van der Waals surface area contributed by atoms with Crippen molar-refractivity contribution in [2.75, 3.05) is 14.2 Å². The number of benzene rings is 3. The normalized spacial score (nSPS) is 10.7. The summed E-state index contributed by atoms with van der Waals surface area (Å²) in [6.07, 6.45) is 6.56. The summed E-state index contributed by atoms with van der Waals surface area (Å²) in [5.41, 5.74) is 6.34. The number of aryl methyl sites for hydroxylation is 2. The van der Waals surface area contributed by atoms with Gasteiger partial charge in [-0.2, -0.15) is 0 Å². The number of methoxy groups -OCH3 is 2. The Hall–Kier alpha value is -3.40. The van der Waals surface area contributed by atoms with Crippen LogP contribution in [0.25, 0.3) is 22.3 Å². The van der Waals surface area contributed by atoms with Crippen molar-refractivity contribution in [3.63, 3.8) is 0 Å². The van der Waals surface area contributed by atoms with Crippen LogP contribution >= 0.6 is 0 Å². The number of ether oxygens (including phenoxy) is 2. The first-order valence-electron chi connectivity index (χ1n) is 12.1. The predicted molar refractivity (Wildman–Crippen MR) is 137 cm³/mol. The van der Waals surface area contributed by atoms with Crippen LogP contribution < -0.4 is 0 Å². The lowest BCUT2D eigenvalue weighted by molar-refractivity contribution is 0.0588. The van der Waals surface area contributed by atoms with Gasteiger partial charge in [-0.1, -0.05) is 75.2 Å². The molecular weight excluding hydrogens is 424 g/mol. The van der Waals surface area contributed by atoms with E-state index in [1.165, 1.54) is 25.3 Å². The molecule has 0 saturated carbocycles. The smallest absolute Gasteiger partial charge is 0.338 e. The van der Waals surface area contributed by atoms with Gasteiger partial charge in [0.15, 0.2) is 0 Å². The molecular formula is C30H34O4. The summed E-state index contributed by atoms with van der Waals surface area (Å²) in [5, 5.41) is 0. The quantitative estimate of drug-likeness (QED) is 0.300. The van der Waals surface area contributed by atoms with E-state index >= 15 is 0 Å². The second-order valence-corrected chi connectivity index (χ2v) is 8.53. The summed E-state index contributed by atoms with van der Waals surface area (Å²) in [6, 6.07) is 19.8. The monoisotopic (exact) mass is 458 g/mol. The molecule has 34 heavy (non-hydrogen) atoms. The highest BCUT2D eigenvalue weighted by Gasteiger charge is 2.22. The summed E-state index contributed by atoms with van der Waals surface area (Å²) in [5.74, 6) is -0.885. The summed E-state index contributed by atoms with van der Waals surface area (Å²) in [6.45, 7) is 4.34. The molecule has 4 heteroatoms. The molecule has 3 aromatic rings. The first-order chi connectivity index (χ1) is 16.5. The first kappa shape index (κ1) is 25.2. The molecule has 0 aromatic heterocycles. The average molecular weight is 459 g/mol. The topological polar surface area (TPSA) is 52.6 Å². The van der Waals surface area contributed by atoms with Crippen molar-refractivity contribution in [1.29, 1.82) is 0 Å². The molecule has 0 N–H and O–H groups in total. The zero-order chi connectivity index (χ0) is 24.5. The number of carbonyl (C=O) groups excluding carboxylic acids is 2. The van der Waals surface area contributed by atoms with Crippen molar-refractivity contribution >= 4 is 11.9 Å². The Morgan fingerprint density at radius 1 is 0.618 bits per heavy atom. The van der Waals surface area contributed by atoms with Gasteiger partial charge in [0.05, 0.1) is 25.3 Å². The summed E-state index contributed by atoms with van der Waals surface area (Å²) in [4.78, 5) is 25.6. The van der Waals surface area contributed by atoms with Gasteiger partial charge in [0, 0.05) is 0 Å². The Morgan fingerprint density at radius 3 is 1.26 bits per heavy atom. The Balaban J connectivity index is 2.12. The lowest BCUT2D eigenvalue weighted by Crippen LogP contribution is -2.09. The molecule has 0 unspecified atom stereocenters. The maximum absolute atomic E-state index is 12.8. The molecule has 3 rings (SSSR count). The van der Waals surface area contributed by atoms with E-state index in [-0.39, 0.29) is 0 Å². The highest BCUT2D eigenvalue weighted by molar-refractivity contribution is 6.05. The maximum Gasteiger partial charge on any atom is 0.338 e. The molecule has 0 aliphatic carbocycles.